The monoisotopic (exact) mass is 283 g/mol. The average Bonchev–Trinajstić information content (AvgIpc) is 2.50. The number of methoxy groups -OCH3 is 2. The van der Waals surface area contributed by atoms with E-state index in [9.17, 15) is 4.39 Å². The van der Waals surface area contributed by atoms with E-state index in [4.69, 9.17) is 19.9 Å². The van der Waals surface area contributed by atoms with Crippen LogP contribution in [0.2, 0.25) is 0 Å². The van der Waals surface area contributed by atoms with Gasteiger partial charge in [-0.15, -0.1) is 0 Å². The molecule has 0 aliphatic carbocycles. The fourth-order valence-corrected chi connectivity index (χ4v) is 2.74. The highest BCUT2D eigenvalue weighted by Crippen LogP contribution is 2.30. The second kappa shape index (κ2) is 6.52. The topological polar surface area (TPSA) is 53.7 Å². The Balaban J connectivity index is 2.16. The van der Waals surface area contributed by atoms with Crippen LogP contribution in [0.4, 0.5) is 4.39 Å². The number of nitrogens with two attached hydrogens (primary N) is 1. The maximum absolute atomic E-state index is 14.2. The molecule has 0 amide bonds. The molecule has 20 heavy (non-hydrogen) atoms. The quantitative estimate of drug-likeness (QED) is 0.896. The third kappa shape index (κ3) is 2.95. The van der Waals surface area contributed by atoms with Gasteiger partial charge < -0.3 is 19.9 Å². The Morgan fingerprint density at radius 2 is 2.05 bits per heavy atom. The fraction of sp³-hybridized carbons (Fsp3) is 0.600. The molecule has 0 bridgehead atoms. The van der Waals surface area contributed by atoms with Gasteiger partial charge in [0.2, 0.25) is 0 Å². The van der Waals surface area contributed by atoms with Gasteiger partial charge in [-0.25, -0.2) is 4.39 Å². The number of ether oxygens (including phenoxy) is 3. The Labute approximate surface area is 119 Å². The number of hydrogen-bond acceptors (Lipinski definition) is 4. The van der Waals surface area contributed by atoms with Crippen LogP contribution in [0.1, 0.15) is 18.4 Å². The van der Waals surface area contributed by atoms with Gasteiger partial charge in [0, 0.05) is 39.2 Å². The van der Waals surface area contributed by atoms with Gasteiger partial charge in [0.05, 0.1) is 12.7 Å². The summed E-state index contributed by atoms with van der Waals surface area (Å²) in [4.78, 5) is 0. The van der Waals surface area contributed by atoms with Crippen LogP contribution >= 0.6 is 0 Å². The van der Waals surface area contributed by atoms with E-state index in [1.807, 2.05) is 0 Å². The molecule has 5 heteroatoms. The van der Waals surface area contributed by atoms with E-state index in [0.717, 1.165) is 12.8 Å². The Bertz CT molecular complexity index is 447. The Hall–Kier alpha value is -1.17. The molecule has 1 atom stereocenters. The van der Waals surface area contributed by atoms with Crippen LogP contribution in [0.15, 0.2) is 18.2 Å². The molecule has 1 aliphatic rings. The lowest BCUT2D eigenvalue weighted by Crippen LogP contribution is -2.54. The van der Waals surface area contributed by atoms with Crippen LogP contribution in [-0.4, -0.2) is 39.1 Å². The molecule has 0 saturated carbocycles. The number of rotatable bonds is 5. The smallest absolute Gasteiger partial charge is 0.168 e. The van der Waals surface area contributed by atoms with Crippen molar-refractivity contribution in [3.63, 3.8) is 0 Å². The first-order chi connectivity index (χ1) is 9.63. The van der Waals surface area contributed by atoms with Crippen LogP contribution in [0.25, 0.3) is 0 Å². The van der Waals surface area contributed by atoms with Crippen LogP contribution in [0.3, 0.4) is 0 Å². The zero-order valence-corrected chi connectivity index (χ0v) is 12.0. The standard InChI is InChI=1S/C15H22FNO3/c1-18-12-5-3-4-11(14(12)16)10-13(17)15(19-2)6-8-20-9-7-15/h3-5,13H,6-10,17H2,1-2H3. The van der Waals surface area contributed by atoms with Crippen molar-refractivity contribution in [2.45, 2.75) is 30.9 Å². The highest BCUT2D eigenvalue weighted by atomic mass is 19.1. The number of hydrogen-bond donors (Lipinski definition) is 1. The normalized spacial score (nSPS) is 19.6. The van der Waals surface area contributed by atoms with E-state index in [1.165, 1.54) is 7.11 Å². The minimum absolute atomic E-state index is 0.244. The van der Waals surface area contributed by atoms with E-state index in [0.29, 0.717) is 25.2 Å². The molecule has 0 radical (unpaired) electrons. The molecule has 0 spiro atoms. The third-order valence-electron chi connectivity index (χ3n) is 4.12. The van der Waals surface area contributed by atoms with Crippen molar-refractivity contribution in [2.75, 3.05) is 27.4 Å². The molecule has 2 N–H and O–H groups in total. The first-order valence-corrected chi connectivity index (χ1v) is 6.83. The lowest BCUT2D eigenvalue weighted by Gasteiger charge is -2.40. The van der Waals surface area contributed by atoms with E-state index in [2.05, 4.69) is 0 Å². The summed E-state index contributed by atoms with van der Waals surface area (Å²) >= 11 is 0. The summed E-state index contributed by atoms with van der Waals surface area (Å²) in [6.07, 6.45) is 1.88. The molecule has 1 aromatic rings. The Kier molecular flexibility index (Phi) is 4.96. The SMILES string of the molecule is COc1cccc(CC(N)C2(OC)CCOCC2)c1F. The van der Waals surface area contributed by atoms with Crippen molar-refractivity contribution in [2.24, 2.45) is 5.73 Å². The second-order valence-electron chi connectivity index (χ2n) is 5.13. The summed E-state index contributed by atoms with van der Waals surface area (Å²) in [6.45, 7) is 1.25. The van der Waals surface area contributed by atoms with Crippen molar-refractivity contribution in [1.82, 2.24) is 0 Å². The van der Waals surface area contributed by atoms with Gasteiger partial charge in [0.25, 0.3) is 0 Å². The molecule has 1 heterocycles. The lowest BCUT2D eigenvalue weighted by molar-refractivity contribution is -0.103. The summed E-state index contributed by atoms with van der Waals surface area (Å²) < 4.78 is 30.2. The van der Waals surface area contributed by atoms with Crippen molar-refractivity contribution in [3.8, 4) is 5.75 Å². The maximum atomic E-state index is 14.2. The van der Waals surface area contributed by atoms with Crippen LogP contribution < -0.4 is 10.5 Å². The Morgan fingerprint density at radius 3 is 2.65 bits per heavy atom. The van der Waals surface area contributed by atoms with Crippen molar-refractivity contribution in [1.29, 1.82) is 0 Å². The Morgan fingerprint density at radius 1 is 1.35 bits per heavy atom. The number of halogens is 1. The lowest BCUT2D eigenvalue weighted by atomic mass is 9.83. The molecule has 0 aromatic heterocycles. The van der Waals surface area contributed by atoms with Crippen LogP contribution in [0.5, 0.6) is 5.75 Å². The van der Waals surface area contributed by atoms with Gasteiger partial charge in [0.1, 0.15) is 0 Å². The molecule has 1 aliphatic heterocycles. The van der Waals surface area contributed by atoms with E-state index >= 15 is 0 Å². The highest BCUT2D eigenvalue weighted by molar-refractivity contribution is 5.31. The van der Waals surface area contributed by atoms with E-state index in [1.54, 1.807) is 25.3 Å². The van der Waals surface area contributed by atoms with E-state index < -0.39 is 5.60 Å². The predicted molar refractivity (Wildman–Crippen MR) is 74.4 cm³/mol. The van der Waals surface area contributed by atoms with Crippen LogP contribution in [-0.2, 0) is 15.9 Å². The summed E-state index contributed by atoms with van der Waals surface area (Å²) in [6, 6.07) is 4.83. The van der Waals surface area contributed by atoms with E-state index in [-0.39, 0.29) is 17.6 Å². The molecule has 1 aromatic carbocycles. The van der Waals surface area contributed by atoms with Gasteiger partial charge in [-0.1, -0.05) is 12.1 Å². The van der Waals surface area contributed by atoms with Gasteiger partial charge in [-0.3, -0.25) is 0 Å². The first-order valence-electron chi connectivity index (χ1n) is 6.83. The minimum atomic E-state index is -0.437. The predicted octanol–water partition coefficient (Wildman–Crippen LogP) is 1.90. The summed E-state index contributed by atoms with van der Waals surface area (Å²) in [5.74, 6) is -0.100. The molecule has 2 rings (SSSR count). The van der Waals surface area contributed by atoms with Crippen molar-refractivity contribution < 1.29 is 18.6 Å². The molecule has 1 saturated heterocycles. The first kappa shape index (κ1) is 15.2. The van der Waals surface area contributed by atoms with Gasteiger partial charge in [0.15, 0.2) is 11.6 Å². The molecular weight excluding hydrogens is 261 g/mol. The zero-order valence-electron chi connectivity index (χ0n) is 12.0. The number of benzene rings is 1. The van der Waals surface area contributed by atoms with Crippen molar-refractivity contribution in [3.05, 3.63) is 29.6 Å². The summed E-state index contributed by atoms with van der Waals surface area (Å²) in [7, 11) is 3.12. The minimum Gasteiger partial charge on any atom is -0.494 e. The molecule has 1 fully saturated rings. The molecule has 112 valence electrons. The van der Waals surface area contributed by atoms with Gasteiger partial charge in [-0.2, -0.15) is 0 Å². The molecule has 1 unspecified atom stereocenters. The van der Waals surface area contributed by atoms with Gasteiger partial charge in [-0.05, 0) is 18.1 Å². The fourth-order valence-electron chi connectivity index (χ4n) is 2.74. The molecular formula is C15H22FNO3. The zero-order chi connectivity index (χ0) is 14.6. The summed E-state index contributed by atoms with van der Waals surface area (Å²) in [5.41, 5.74) is 6.42. The molecule has 4 nitrogen and oxygen atoms in total. The average molecular weight is 283 g/mol. The highest BCUT2D eigenvalue weighted by Gasteiger charge is 2.39. The van der Waals surface area contributed by atoms with Gasteiger partial charge >= 0.3 is 0 Å². The van der Waals surface area contributed by atoms with Crippen molar-refractivity contribution >= 4 is 0 Å². The third-order valence-corrected chi connectivity index (χ3v) is 4.12. The maximum Gasteiger partial charge on any atom is 0.168 e. The second-order valence-corrected chi connectivity index (χ2v) is 5.13. The summed E-state index contributed by atoms with van der Waals surface area (Å²) in [5, 5.41) is 0. The van der Waals surface area contributed by atoms with Crippen LogP contribution in [0, 0.1) is 5.82 Å². The largest absolute Gasteiger partial charge is 0.494 e.